The van der Waals surface area contributed by atoms with Crippen molar-refractivity contribution in [2.24, 2.45) is 0 Å². The third kappa shape index (κ3) is 8.08. The number of ether oxygens (including phenoxy) is 3. The summed E-state index contributed by atoms with van der Waals surface area (Å²) in [4.78, 5) is 44.8. The van der Waals surface area contributed by atoms with Crippen LogP contribution >= 0.6 is 0 Å². The van der Waals surface area contributed by atoms with Gasteiger partial charge in [-0.1, -0.05) is 0 Å². The summed E-state index contributed by atoms with van der Waals surface area (Å²) in [5.74, 6) is -0.220. The summed E-state index contributed by atoms with van der Waals surface area (Å²) < 4.78 is 16.2. The average Bonchev–Trinajstić information content (AvgIpc) is 2.84. The Hall–Kier alpha value is -3.40. The summed E-state index contributed by atoms with van der Waals surface area (Å²) in [6.45, 7) is 11.7. The van der Waals surface area contributed by atoms with Crippen molar-refractivity contribution >= 4 is 28.9 Å². The molecule has 1 aliphatic heterocycles. The van der Waals surface area contributed by atoms with E-state index in [1.54, 1.807) is 30.2 Å². The van der Waals surface area contributed by atoms with Crippen molar-refractivity contribution in [2.75, 3.05) is 52.5 Å². The molecule has 0 aliphatic carbocycles. The maximum absolute atomic E-state index is 12.6. The van der Waals surface area contributed by atoms with Gasteiger partial charge in [-0.2, -0.15) is 0 Å². The highest BCUT2D eigenvalue weighted by molar-refractivity contribution is 6.07. The standard InChI is InChI=1S/C26H36N4O6/c1-5-34-23(31)18-28-24(32)20-9-10-27-22-8-7-19(17-21(20)22)35-16-6-11-29-12-14-30(15-13-29)25(33)36-26(2,3)4/h7-10,17H,5-6,11-16,18H2,1-4H3,(H,28,32). The Labute approximate surface area is 211 Å². The van der Waals surface area contributed by atoms with E-state index in [1.807, 2.05) is 32.9 Å². The maximum Gasteiger partial charge on any atom is 0.410 e. The molecule has 0 spiro atoms. The minimum Gasteiger partial charge on any atom is -0.494 e. The monoisotopic (exact) mass is 500 g/mol. The molecule has 196 valence electrons. The number of nitrogens with one attached hydrogen (secondary N) is 1. The Kier molecular flexibility index (Phi) is 9.46. The van der Waals surface area contributed by atoms with E-state index in [0.717, 1.165) is 26.1 Å². The lowest BCUT2D eigenvalue weighted by atomic mass is 10.1. The number of hydrogen-bond acceptors (Lipinski definition) is 8. The molecule has 0 radical (unpaired) electrons. The minimum atomic E-state index is -0.489. The van der Waals surface area contributed by atoms with E-state index in [-0.39, 0.29) is 25.2 Å². The zero-order chi connectivity index (χ0) is 26.1. The van der Waals surface area contributed by atoms with Gasteiger partial charge < -0.3 is 24.4 Å². The lowest BCUT2D eigenvalue weighted by molar-refractivity contribution is -0.141. The minimum absolute atomic E-state index is 0.196. The van der Waals surface area contributed by atoms with Crippen LogP contribution in [0.3, 0.4) is 0 Å². The number of carbonyl (C=O) groups excluding carboxylic acids is 3. The molecule has 3 rings (SSSR count). The summed E-state index contributed by atoms with van der Waals surface area (Å²) >= 11 is 0. The van der Waals surface area contributed by atoms with Crippen LogP contribution in [0.1, 0.15) is 44.5 Å². The number of piperazine rings is 1. The average molecular weight is 501 g/mol. The van der Waals surface area contributed by atoms with E-state index in [9.17, 15) is 14.4 Å². The highest BCUT2D eigenvalue weighted by atomic mass is 16.6. The number of esters is 1. The van der Waals surface area contributed by atoms with Crippen molar-refractivity contribution in [3.8, 4) is 5.75 Å². The Morgan fingerprint density at radius 2 is 1.83 bits per heavy atom. The van der Waals surface area contributed by atoms with Gasteiger partial charge in [-0.05, 0) is 58.4 Å². The molecule has 0 unspecified atom stereocenters. The van der Waals surface area contributed by atoms with Crippen molar-refractivity contribution in [2.45, 2.75) is 39.7 Å². The Morgan fingerprint density at radius 1 is 1.08 bits per heavy atom. The van der Waals surface area contributed by atoms with Gasteiger partial charge >= 0.3 is 12.1 Å². The van der Waals surface area contributed by atoms with Crippen LogP contribution in [0.5, 0.6) is 5.75 Å². The number of hydrogen-bond donors (Lipinski definition) is 1. The van der Waals surface area contributed by atoms with Gasteiger partial charge in [-0.3, -0.25) is 19.5 Å². The van der Waals surface area contributed by atoms with Crippen molar-refractivity contribution in [3.63, 3.8) is 0 Å². The van der Waals surface area contributed by atoms with Crippen LogP contribution < -0.4 is 10.1 Å². The molecule has 0 bridgehead atoms. The second-order valence-corrected chi connectivity index (χ2v) is 9.54. The topological polar surface area (TPSA) is 110 Å². The van der Waals surface area contributed by atoms with E-state index in [2.05, 4.69) is 15.2 Å². The van der Waals surface area contributed by atoms with Gasteiger partial charge in [-0.15, -0.1) is 0 Å². The molecule has 1 aromatic carbocycles. The number of rotatable bonds is 9. The fraction of sp³-hybridized carbons (Fsp3) is 0.538. The zero-order valence-corrected chi connectivity index (χ0v) is 21.5. The van der Waals surface area contributed by atoms with E-state index >= 15 is 0 Å². The third-order valence-electron chi connectivity index (χ3n) is 5.57. The molecular weight excluding hydrogens is 464 g/mol. The highest BCUT2D eigenvalue weighted by Gasteiger charge is 2.25. The summed E-state index contributed by atoms with van der Waals surface area (Å²) in [7, 11) is 0. The second-order valence-electron chi connectivity index (χ2n) is 9.54. The van der Waals surface area contributed by atoms with Crippen molar-refractivity contribution in [3.05, 3.63) is 36.0 Å². The Balaban J connectivity index is 1.47. The van der Waals surface area contributed by atoms with Gasteiger partial charge in [0.25, 0.3) is 5.91 Å². The third-order valence-corrected chi connectivity index (χ3v) is 5.57. The highest BCUT2D eigenvalue weighted by Crippen LogP contribution is 2.23. The van der Waals surface area contributed by atoms with Gasteiger partial charge in [0.2, 0.25) is 0 Å². The summed E-state index contributed by atoms with van der Waals surface area (Å²) in [5.41, 5.74) is 0.587. The molecule has 1 fully saturated rings. The van der Waals surface area contributed by atoms with Gasteiger partial charge in [0.05, 0.1) is 24.3 Å². The van der Waals surface area contributed by atoms with Gasteiger partial charge in [0.15, 0.2) is 0 Å². The Morgan fingerprint density at radius 3 is 2.53 bits per heavy atom. The molecule has 36 heavy (non-hydrogen) atoms. The quantitative estimate of drug-likeness (QED) is 0.413. The van der Waals surface area contributed by atoms with Gasteiger partial charge in [-0.25, -0.2) is 4.79 Å². The van der Waals surface area contributed by atoms with Gasteiger partial charge in [0.1, 0.15) is 17.9 Å². The fourth-order valence-corrected chi connectivity index (χ4v) is 3.83. The zero-order valence-electron chi connectivity index (χ0n) is 21.5. The number of fused-ring (bicyclic) bond motifs is 1. The van der Waals surface area contributed by atoms with Crippen molar-refractivity contribution < 1.29 is 28.6 Å². The smallest absolute Gasteiger partial charge is 0.410 e. The molecule has 1 N–H and O–H groups in total. The van der Waals surface area contributed by atoms with Crippen LogP contribution in [0.2, 0.25) is 0 Å². The first-order valence-corrected chi connectivity index (χ1v) is 12.3. The van der Waals surface area contributed by atoms with Crippen LogP contribution in [-0.2, 0) is 14.3 Å². The number of benzene rings is 1. The Bertz CT molecular complexity index is 1060. The molecule has 0 atom stereocenters. The number of carbonyl (C=O) groups is 3. The molecule has 1 saturated heterocycles. The van der Waals surface area contributed by atoms with Crippen molar-refractivity contribution in [1.82, 2.24) is 20.1 Å². The summed E-state index contributed by atoms with van der Waals surface area (Å²) in [6, 6.07) is 7.04. The van der Waals surface area contributed by atoms with Crippen LogP contribution in [-0.4, -0.2) is 90.8 Å². The first-order chi connectivity index (χ1) is 17.2. The summed E-state index contributed by atoms with van der Waals surface area (Å²) in [5, 5.41) is 3.23. The molecular formula is C26H36N4O6. The SMILES string of the molecule is CCOC(=O)CNC(=O)c1ccnc2ccc(OCCCN3CCN(C(=O)OC(C)(C)C)CC3)cc12. The first kappa shape index (κ1) is 27.2. The van der Waals surface area contributed by atoms with Gasteiger partial charge in [0, 0.05) is 44.3 Å². The van der Waals surface area contributed by atoms with E-state index < -0.39 is 11.6 Å². The molecule has 1 aromatic heterocycles. The summed E-state index contributed by atoms with van der Waals surface area (Å²) in [6.07, 6.45) is 2.12. The van der Waals surface area contributed by atoms with Crippen LogP contribution in [0.15, 0.2) is 30.5 Å². The first-order valence-electron chi connectivity index (χ1n) is 12.3. The van der Waals surface area contributed by atoms with Crippen LogP contribution in [0.4, 0.5) is 4.79 Å². The molecule has 1 aliphatic rings. The molecule has 2 amide bonds. The van der Waals surface area contributed by atoms with E-state index in [1.165, 1.54) is 0 Å². The number of amides is 2. The second kappa shape index (κ2) is 12.5. The van der Waals surface area contributed by atoms with E-state index in [0.29, 0.717) is 41.9 Å². The number of pyridine rings is 1. The molecule has 2 heterocycles. The van der Waals surface area contributed by atoms with E-state index in [4.69, 9.17) is 14.2 Å². The van der Waals surface area contributed by atoms with Crippen molar-refractivity contribution in [1.29, 1.82) is 0 Å². The lowest BCUT2D eigenvalue weighted by Crippen LogP contribution is -2.50. The number of aromatic nitrogens is 1. The molecule has 0 saturated carbocycles. The fourth-order valence-electron chi connectivity index (χ4n) is 3.83. The molecule has 2 aromatic rings. The normalized spacial score (nSPS) is 14.4. The number of nitrogens with zero attached hydrogens (tertiary/aromatic N) is 3. The lowest BCUT2D eigenvalue weighted by Gasteiger charge is -2.35. The predicted octanol–water partition coefficient (Wildman–Crippen LogP) is 2.85. The van der Waals surface area contributed by atoms with Crippen LogP contribution in [0.25, 0.3) is 10.9 Å². The largest absolute Gasteiger partial charge is 0.494 e. The molecule has 10 nitrogen and oxygen atoms in total. The predicted molar refractivity (Wildman–Crippen MR) is 135 cm³/mol. The maximum atomic E-state index is 12.6. The molecule has 10 heteroatoms. The van der Waals surface area contributed by atoms with Crippen LogP contribution in [0, 0.1) is 0 Å².